The third-order valence-electron chi connectivity index (χ3n) is 7.12. The standard InChI is InChI=1S/C26H22ClF3N6O2/c1-14-9-21-19(13-35(14)24(37)17-3-4-20(27)18(10-17)12-31)23-25(38)34(7-8-36(23)33-21)15(2)16-5-6-32-22(11-16)26(28,29)30/h3-6,10-11,14-15H,7-9,13H2,1-2H3/t14-,15?/m1/s1. The summed E-state index contributed by atoms with van der Waals surface area (Å²) in [6.07, 6.45) is -3.07. The molecule has 38 heavy (non-hydrogen) atoms. The number of nitrogens with zero attached hydrogens (tertiary/aromatic N) is 6. The molecule has 1 aromatic carbocycles. The molecule has 2 aliphatic heterocycles. The Morgan fingerprint density at radius 1 is 1.24 bits per heavy atom. The van der Waals surface area contributed by atoms with Crippen LogP contribution >= 0.6 is 11.6 Å². The largest absolute Gasteiger partial charge is 0.433 e. The number of fused-ring (bicyclic) bond motifs is 3. The van der Waals surface area contributed by atoms with E-state index in [-0.39, 0.29) is 41.5 Å². The number of aromatic nitrogens is 3. The second-order valence-electron chi connectivity index (χ2n) is 9.44. The van der Waals surface area contributed by atoms with E-state index in [9.17, 15) is 28.0 Å². The lowest BCUT2D eigenvalue weighted by Crippen LogP contribution is -2.44. The Kier molecular flexibility index (Phi) is 6.39. The predicted octanol–water partition coefficient (Wildman–Crippen LogP) is 4.63. The molecule has 0 radical (unpaired) electrons. The van der Waals surface area contributed by atoms with Gasteiger partial charge in [-0.25, -0.2) is 0 Å². The zero-order valence-electron chi connectivity index (χ0n) is 20.5. The van der Waals surface area contributed by atoms with Gasteiger partial charge >= 0.3 is 6.18 Å². The molecule has 0 saturated carbocycles. The van der Waals surface area contributed by atoms with E-state index in [0.717, 1.165) is 18.0 Å². The van der Waals surface area contributed by atoms with E-state index in [2.05, 4.69) is 10.1 Å². The van der Waals surface area contributed by atoms with Crippen LogP contribution in [0.3, 0.4) is 0 Å². The van der Waals surface area contributed by atoms with Crippen molar-refractivity contribution in [3.8, 4) is 6.07 Å². The van der Waals surface area contributed by atoms with E-state index in [1.807, 2.05) is 13.0 Å². The van der Waals surface area contributed by atoms with Crippen molar-refractivity contribution in [3.05, 3.63) is 80.9 Å². The van der Waals surface area contributed by atoms with Gasteiger partial charge in [-0.15, -0.1) is 0 Å². The van der Waals surface area contributed by atoms with E-state index in [4.69, 9.17) is 11.6 Å². The molecule has 5 rings (SSSR count). The summed E-state index contributed by atoms with van der Waals surface area (Å²) in [5.41, 5.74) is 1.48. The highest BCUT2D eigenvalue weighted by Gasteiger charge is 2.39. The third-order valence-corrected chi connectivity index (χ3v) is 7.45. The highest BCUT2D eigenvalue weighted by Crippen LogP contribution is 2.34. The van der Waals surface area contributed by atoms with Crippen LogP contribution in [0.15, 0.2) is 36.5 Å². The van der Waals surface area contributed by atoms with E-state index in [0.29, 0.717) is 35.3 Å². The summed E-state index contributed by atoms with van der Waals surface area (Å²) in [7, 11) is 0. The summed E-state index contributed by atoms with van der Waals surface area (Å²) in [6, 6.07) is 8.06. The SMILES string of the molecule is CC(c1ccnc(C(F)(F)F)c1)N1CCn2nc3c(c2C1=O)CN(C(=O)c1ccc(Cl)c(C#N)c1)[C@H](C)C3. The van der Waals surface area contributed by atoms with Gasteiger partial charge in [0.25, 0.3) is 11.8 Å². The number of rotatable bonds is 3. The van der Waals surface area contributed by atoms with E-state index in [1.165, 1.54) is 23.1 Å². The first-order valence-corrected chi connectivity index (χ1v) is 12.3. The van der Waals surface area contributed by atoms with E-state index < -0.39 is 17.9 Å². The molecule has 2 atom stereocenters. The van der Waals surface area contributed by atoms with Gasteiger partial charge in [-0.2, -0.15) is 23.5 Å². The number of halogens is 4. The Hall–Kier alpha value is -3.91. The molecular weight excluding hydrogens is 521 g/mol. The summed E-state index contributed by atoms with van der Waals surface area (Å²) in [4.78, 5) is 33.6. The Bertz CT molecular complexity index is 1500. The molecule has 12 heteroatoms. The number of carbonyl (C=O) groups excluding carboxylic acids is 2. The molecule has 2 aromatic heterocycles. The molecule has 8 nitrogen and oxygen atoms in total. The first kappa shape index (κ1) is 25.7. The van der Waals surface area contributed by atoms with Crippen molar-refractivity contribution < 1.29 is 22.8 Å². The zero-order valence-corrected chi connectivity index (χ0v) is 21.2. The van der Waals surface area contributed by atoms with Crippen molar-refractivity contribution in [1.82, 2.24) is 24.6 Å². The Labute approximate surface area is 221 Å². The van der Waals surface area contributed by atoms with Gasteiger partial charge in [0.1, 0.15) is 17.5 Å². The average molecular weight is 543 g/mol. The van der Waals surface area contributed by atoms with Gasteiger partial charge in [-0.3, -0.25) is 19.3 Å². The fourth-order valence-electron chi connectivity index (χ4n) is 5.03. The Balaban J connectivity index is 1.44. The molecule has 2 amide bonds. The molecule has 0 fully saturated rings. The number of nitriles is 1. The van der Waals surface area contributed by atoms with Crippen LogP contribution in [0.4, 0.5) is 13.2 Å². The average Bonchev–Trinajstić information content (AvgIpc) is 3.25. The summed E-state index contributed by atoms with van der Waals surface area (Å²) in [5, 5.41) is 14.2. The number of carbonyl (C=O) groups is 2. The van der Waals surface area contributed by atoms with E-state index >= 15 is 0 Å². The van der Waals surface area contributed by atoms with Crippen LogP contribution in [0, 0.1) is 11.3 Å². The number of alkyl halides is 3. The Morgan fingerprint density at radius 3 is 2.71 bits per heavy atom. The molecule has 0 spiro atoms. The van der Waals surface area contributed by atoms with Gasteiger partial charge in [0, 0.05) is 36.3 Å². The first-order chi connectivity index (χ1) is 18.0. The van der Waals surface area contributed by atoms with Crippen LogP contribution in [-0.2, 0) is 25.7 Å². The van der Waals surface area contributed by atoms with Gasteiger partial charge in [0.2, 0.25) is 0 Å². The van der Waals surface area contributed by atoms with Gasteiger partial charge in [-0.1, -0.05) is 11.6 Å². The van der Waals surface area contributed by atoms with Crippen LogP contribution in [0.2, 0.25) is 5.02 Å². The second kappa shape index (κ2) is 9.44. The molecular formula is C26H22ClF3N6O2. The van der Waals surface area contributed by atoms with Crippen LogP contribution in [0.25, 0.3) is 0 Å². The molecule has 0 saturated heterocycles. The lowest BCUT2D eigenvalue weighted by molar-refractivity contribution is -0.141. The molecule has 2 aliphatic rings. The molecule has 196 valence electrons. The van der Waals surface area contributed by atoms with Crippen LogP contribution < -0.4 is 0 Å². The van der Waals surface area contributed by atoms with Crippen molar-refractivity contribution in [2.75, 3.05) is 6.54 Å². The maximum absolute atomic E-state index is 13.7. The molecule has 0 bridgehead atoms. The number of amides is 2. The van der Waals surface area contributed by atoms with Gasteiger partial charge < -0.3 is 9.80 Å². The minimum absolute atomic E-state index is 0.136. The van der Waals surface area contributed by atoms with Gasteiger partial charge in [0.15, 0.2) is 0 Å². The van der Waals surface area contributed by atoms with E-state index in [1.54, 1.807) is 22.6 Å². The fourth-order valence-corrected chi connectivity index (χ4v) is 5.19. The van der Waals surface area contributed by atoms with Crippen LogP contribution in [0.5, 0.6) is 0 Å². The molecule has 3 aromatic rings. The maximum Gasteiger partial charge on any atom is 0.433 e. The lowest BCUT2D eigenvalue weighted by atomic mass is 9.97. The molecule has 4 heterocycles. The minimum Gasteiger partial charge on any atom is -0.331 e. The van der Waals surface area contributed by atoms with Crippen molar-refractivity contribution in [1.29, 1.82) is 5.26 Å². The van der Waals surface area contributed by atoms with Crippen LogP contribution in [0.1, 0.15) is 68.8 Å². The Morgan fingerprint density at radius 2 is 2.00 bits per heavy atom. The molecule has 1 unspecified atom stereocenters. The van der Waals surface area contributed by atoms with Crippen molar-refractivity contribution >= 4 is 23.4 Å². The first-order valence-electron chi connectivity index (χ1n) is 11.9. The van der Waals surface area contributed by atoms with Gasteiger partial charge in [0.05, 0.1) is 35.4 Å². The van der Waals surface area contributed by atoms with Crippen LogP contribution in [-0.4, -0.2) is 49.0 Å². The van der Waals surface area contributed by atoms with Crippen molar-refractivity contribution in [3.63, 3.8) is 0 Å². The fraction of sp³-hybridized carbons (Fsp3) is 0.346. The second-order valence-corrected chi connectivity index (χ2v) is 9.84. The number of hydrogen-bond acceptors (Lipinski definition) is 5. The van der Waals surface area contributed by atoms with Crippen molar-refractivity contribution in [2.45, 2.75) is 51.6 Å². The monoisotopic (exact) mass is 542 g/mol. The quantitative estimate of drug-likeness (QED) is 0.481. The lowest BCUT2D eigenvalue weighted by Gasteiger charge is -2.35. The zero-order chi connectivity index (χ0) is 27.4. The van der Waals surface area contributed by atoms with Gasteiger partial charge in [-0.05, 0) is 49.7 Å². The molecule has 0 N–H and O–H groups in total. The minimum atomic E-state index is -4.59. The smallest absolute Gasteiger partial charge is 0.331 e. The summed E-state index contributed by atoms with van der Waals surface area (Å²) in [5.74, 6) is -0.663. The topological polar surface area (TPSA) is 95.1 Å². The highest BCUT2D eigenvalue weighted by atomic mass is 35.5. The predicted molar refractivity (Wildman–Crippen MR) is 130 cm³/mol. The molecule has 0 aliphatic carbocycles. The van der Waals surface area contributed by atoms with Crippen molar-refractivity contribution in [2.24, 2.45) is 0 Å². The summed E-state index contributed by atoms with van der Waals surface area (Å²) in [6.45, 7) is 4.35. The highest BCUT2D eigenvalue weighted by molar-refractivity contribution is 6.31. The summed E-state index contributed by atoms with van der Waals surface area (Å²) >= 11 is 6.02. The number of pyridine rings is 1. The normalized spacial score (nSPS) is 18.0. The number of benzene rings is 1. The maximum atomic E-state index is 13.7. The summed E-state index contributed by atoms with van der Waals surface area (Å²) < 4.78 is 41.2. The number of hydrogen-bond donors (Lipinski definition) is 0. The third kappa shape index (κ3) is 4.39.